The minimum absolute atomic E-state index is 0.102. The maximum absolute atomic E-state index is 12.1. The van der Waals surface area contributed by atoms with Gasteiger partial charge >= 0.3 is 0 Å². The van der Waals surface area contributed by atoms with Crippen LogP contribution in [-0.2, 0) is 11.2 Å². The zero-order chi connectivity index (χ0) is 18.4. The third-order valence-electron chi connectivity index (χ3n) is 3.70. The van der Waals surface area contributed by atoms with Crippen molar-refractivity contribution in [2.24, 2.45) is 0 Å². The Balaban J connectivity index is 1.55. The van der Waals surface area contributed by atoms with Crippen LogP contribution in [0.15, 0.2) is 71.3 Å². The van der Waals surface area contributed by atoms with Crippen molar-refractivity contribution in [3.63, 3.8) is 0 Å². The largest absolute Gasteiger partial charge is 0.459 e. The highest BCUT2D eigenvalue weighted by molar-refractivity contribution is 6.30. The van der Waals surface area contributed by atoms with Gasteiger partial charge in [0.15, 0.2) is 5.76 Å². The molecule has 0 spiro atoms. The fourth-order valence-electron chi connectivity index (χ4n) is 2.41. The van der Waals surface area contributed by atoms with Gasteiger partial charge in [-0.3, -0.25) is 9.59 Å². The van der Waals surface area contributed by atoms with Gasteiger partial charge in [-0.1, -0.05) is 29.8 Å². The second-order valence-corrected chi connectivity index (χ2v) is 6.12. The number of hydrogen-bond acceptors (Lipinski definition) is 3. The Labute approximate surface area is 156 Å². The molecule has 0 radical (unpaired) electrons. The quantitative estimate of drug-likeness (QED) is 0.659. The number of aryl methyl sites for hydroxylation is 1. The smallest absolute Gasteiger partial charge is 0.291 e. The van der Waals surface area contributed by atoms with Crippen molar-refractivity contribution in [1.29, 1.82) is 0 Å². The average molecular weight is 369 g/mol. The van der Waals surface area contributed by atoms with E-state index in [9.17, 15) is 9.59 Å². The summed E-state index contributed by atoms with van der Waals surface area (Å²) in [6.45, 7) is 0. The molecule has 0 aliphatic heterocycles. The van der Waals surface area contributed by atoms with Gasteiger partial charge in [-0.05, 0) is 54.4 Å². The van der Waals surface area contributed by atoms with Gasteiger partial charge in [-0.15, -0.1) is 0 Å². The van der Waals surface area contributed by atoms with Crippen LogP contribution in [0.4, 0.5) is 11.4 Å². The van der Waals surface area contributed by atoms with Crippen molar-refractivity contribution in [2.75, 3.05) is 10.6 Å². The van der Waals surface area contributed by atoms with Crippen molar-refractivity contribution >= 4 is 34.8 Å². The molecule has 0 aliphatic carbocycles. The first-order valence-electron chi connectivity index (χ1n) is 8.09. The molecule has 3 aromatic rings. The molecular formula is C20H17ClN2O3. The van der Waals surface area contributed by atoms with Crippen LogP contribution in [0.1, 0.15) is 22.5 Å². The lowest BCUT2D eigenvalue weighted by molar-refractivity contribution is -0.116. The van der Waals surface area contributed by atoms with Gasteiger partial charge in [0.1, 0.15) is 0 Å². The first kappa shape index (κ1) is 17.8. The van der Waals surface area contributed by atoms with Gasteiger partial charge in [-0.2, -0.15) is 0 Å². The number of hydrogen-bond donors (Lipinski definition) is 2. The lowest BCUT2D eigenvalue weighted by atomic mass is 10.1. The highest BCUT2D eigenvalue weighted by Gasteiger charge is 2.09. The van der Waals surface area contributed by atoms with E-state index < -0.39 is 0 Å². The Bertz CT molecular complexity index is 890. The van der Waals surface area contributed by atoms with Crippen LogP contribution in [-0.4, -0.2) is 11.8 Å². The minimum Gasteiger partial charge on any atom is -0.459 e. The average Bonchev–Trinajstić information content (AvgIpc) is 3.16. The van der Waals surface area contributed by atoms with Gasteiger partial charge in [0.05, 0.1) is 6.26 Å². The Morgan fingerprint density at radius 3 is 2.35 bits per heavy atom. The zero-order valence-corrected chi connectivity index (χ0v) is 14.6. The monoisotopic (exact) mass is 368 g/mol. The van der Waals surface area contributed by atoms with Gasteiger partial charge in [0.25, 0.3) is 5.91 Å². The number of nitrogens with one attached hydrogen (secondary N) is 2. The molecular weight excluding hydrogens is 352 g/mol. The van der Waals surface area contributed by atoms with E-state index >= 15 is 0 Å². The molecule has 0 fully saturated rings. The highest BCUT2D eigenvalue weighted by Crippen LogP contribution is 2.17. The van der Waals surface area contributed by atoms with Crippen LogP contribution in [0, 0.1) is 0 Å². The highest BCUT2D eigenvalue weighted by atomic mass is 35.5. The van der Waals surface area contributed by atoms with Crippen molar-refractivity contribution in [3.8, 4) is 0 Å². The second kappa shape index (κ2) is 8.36. The molecule has 26 heavy (non-hydrogen) atoms. The summed E-state index contributed by atoms with van der Waals surface area (Å²) in [5.41, 5.74) is 2.23. The zero-order valence-electron chi connectivity index (χ0n) is 13.9. The van der Waals surface area contributed by atoms with Crippen LogP contribution in [0.5, 0.6) is 0 Å². The summed E-state index contributed by atoms with van der Waals surface area (Å²) < 4.78 is 5.05. The number of halogens is 1. The summed E-state index contributed by atoms with van der Waals surface area (Å²) in [7, 11) is 0. The lowest BCUT2D eigenvalue weighted by Gasteiger charge is -2.08. The van der Waals surface area contributed by atoms with E-state index in [4.69, 9.17) is 16.0 Å². The molecule has 2 N–H and O–H groups in total. The van der Waals surface area contributed by atoms with Crippen LogP contribution >= 0.6 is 11.6 Å². The Hall–Kier alpha value is -3.05. The van der Waals surface area contributed by atoms with E-state index in [2.05, 4.69) is 10.6 Å². The van der Waals surface area contributed by atoms with E-state index in [-0.39, 0.29) is 17.6 Å². The second-order valence-electron chi connectivity index (χ2n) is 5.69. The molecule has 132 valence electrons. The Morgan fingerprint density at radius 2 is 1.65 bits per heavy atom. The van der Waals surface area contributed by atoms with Gasteiger partial charge in [0, 0.05) is 22.8 Å². The fraction of sp³-hybridized carbons (Fsp3) is 0.100. The van der Waals surface area contributed by atoms with E-state index in [0.717, 1.165) is 5.56 Å². The van der Waals surface area contributed by atoms with E-state index in [1.165, 1.54) is 6.26 Å². The fourth-order valence-corrected chi connectivity index (χ4v) is 2.53. The lowest BCUT2D eigenvalue weighted by Crippen LogP contribution is -2.14. The van der Waals surface area contributed by atoms with Crippen LogP contribution < -0.4 is 10.6 Å². The van der Waals surface area contributed by atoms with E-state index in [0.29, 0.717) is 29.2 Å². The molecule has 0 unspecified atom stereocenters. The predicted molar refractivity (Wildman–Crippen MR) is 102 cm³/mol. The molecule has 1 heterocycles. The minimum atomic E-state index is -0.346. The number of amides is 2. The number of anilines is 2. The van der Waals surface area contributed by atoms with E-state index in [1.54, 1.807) is 48.5 Å². The number of carbonyl (C=O) groups is 2. The first-order valence-corrected chi connectivity index (χ1v) is 8.47. The molecule has 0 saturated carbocycles. The normalized spacial score (nSPS) is 10.3. The third-order valence-corrected chi connectivity index (χ3v) is 3.96. The van der Waals surface area contributed by atoms with Crippen molar-refractivity contribution < 1.29 is 14.0 Å². The van der Waals surface area contributed by atoms with Crippen LogP contribution in [0.3, 0.4) is 0 Å². The molecule has 0 atom stereocenters. The SMILES string of the molecule is O=C(CCc1ccc(Cl)cc1)Nc1cccc(NC(=O)c2ccco2)c1. The maximum atomic E-state index is 12.1. The molecule has 0 aliphatic rings. The molecule has 2 aromatic carbocycles. The number of benzene rings is 2. The molecule has 2 amide bonds. The summed E-state index contributed by atoms with van der Waals surface area (Å²) in [6, 6.07) is 17.6. The number of carbonyl (C=O) groups excluding carboxylic acids is 2. The summed E-state index contributed by atoms with van der Waals surface area (Å²) in [4.78, 5) is 24.1. The topological polar surface area (TPSA) is 71.3 Å². The van der Waals surface area contributed by atoms with Gasteiger partial charge < -0.3 is 15.1 Å². The summed E-state index contributed by atoms with van der Waals surface area (Å²) in [5, 5.41) is 6.23. The molecule has 0 bridgehead atoms. The third kappa shape index (κ3) is 4.97. The van der Waals surface area contributed by atoms with Crippen molar-refractivity contribution in [2.45, 2.75) is 12.8 Å². The summed E-state index contributed by atoms with van der Waals surface area (Å²) in [5.74, 6) is -0.224. The van der Waals surface area contributed by atoms with Crippen LogP contribution in [0.2, 0.25) is 5.02 Å². The standard InChI is InChI=1S/C20H17ClN2O3/c21-15-9-6-14(7-10-15)8-11-19(24)22-16-3-1-4-17(13-16)23-20(25)18-5-2-12-26-18/h1-7,9-10,12-13H,8,11H2,(H,22,24)(H,23,25). The molecule has 6 heteroatoms. The van der Waals surface area contributed by atoms with Gasteiger partial charge in [-0.25, -0.2) is 0 Å². The number of furan rings is 1. The summed E-state index contributed by atoms with van der Waals surface area (Å²) in [6.07, 6.45) is 2.41. The molecule has 1 aromatic heterocycles. The Kier molecular flexibility index (Phi) is 5.71. The summed E-state index contributed by atoms with van der Waals surface area (Å²) >= 11 is 5.85. The van der Waals surface area contributed by atoms with E-state index in [1.807, 2.05) is 12.1 Å². The molecule has 0 saturated heterocycles. The molecule has 3 rings (SSSR count). The van der Waals surface area contributed by atoms with Crippen LogP contribution in [0.25, 0.3) is 0 Å². The first-order chi connectivity index (χ1) is 12.6. The Morgan fingerprint density at radius 1 is 0.923 bits per heavy atom. The van der Waals surface area contributed by atoms with Crippen molar-refractivity contribution in [1.82, 2.24) is 0 Å². The molecule has 5 nitrogen and oxygen atoms in total. The van der Waals surface area contributed by atoms with Crippen molar-refractivity contribution in [3.05, 3.63) is 83.3 Å². The predicted octanol–water partition coefficient (Wildman–Crippen LogP) is 4.76. The van der Waals surface area contributed by atoms with Gasteiger partial charge in [0.2, 0.25) is 5.91 Å². The number of rotatable bonds is 6. The maximum Gasteiger partial charge on any atom is 0.291 e.